The predicted octanol–water partition coefficient (Wildman–Crippen LogP) is 1.35. The summed E-state index contributed by atoms with van der Waals surface area (Å²) in [6.07, 6.45) is 1.33. The Morgan fingerprint density at radius 2 is 2.37 bits per heavy atom. The van der Waals surface area contributed by atoms with Crippen molar-refractivity contribution in [3.63, 3.8) is 0 Å². The van der Waals surface area contributed by atoms with Crippen molar-refractivity contribution >= 4 is 11.7 Å². The number of nitrogens with zero attached hydrogens (tertiary/aromatic N) is 3. The molecule has 0 fully saturated rings. The molecule has 0 unspecified atom stereocenters. The first-order valence-electron chi connectivity index (χ1n) is 5.75. The molecule has 0 saturated heterocycles. The topological polar surface area (TPSA) is 90.1 Å². The Bertz CT molecular complexity index is 541. The van der Waals surface area contributed by atoms with Crippen molar-refractivity contribution in [1.82, 2.24) is 15.1 Å². The van der Waals surface area contributed by atoms with E-state index < -0.39 is 0 Å². The molecular formula is C12H14N4O3. The van der Waals surface area contributed by atoms with Crippen LogP contribution in [-0.2, 0) is 16.0 Å². The number of anilines is 1. The van der Waals surface area contributed by atoms with E-state index in [9.17, 15) is 4.79 Å². The second kappa shape index (κ2) is 6.05. The van der Waals surface area contributed by atoms with Crippen molar-refractivity contribution < 1.29 is 14.1 Å². The van der Waals surface area contributed by atoms with E-state index in [1.807, 2.05) is 0 Å². The Morgan fingerprint density at radius 1 is 1.53 bits per heavy atom. The SMILES string of the molecule is CO[C@@H](C)c1nc(CC(=O)Nc2ccccn2)no1. The average molecular weight is 262 g/mol. The molecule has 0 radical (unpaired) electrons. The number of aromatic nitrogens is 3. The largest absolute Gasteiger partial charge is 0.372 e. The summed E-state index contributed by atoms with van der Waals surface area (Å²) >= 11 is 0. The first-order valence-corrected chi connectivity index (χ1v) is 5.75. The van der Waals surface area contributed by atoms with Gasteiger partial charge in [0.25, 0.3) is 5.89 Å². The number of carbonyl (C=O) groups is 1. The summed E-state index contributed by atoms with van der Waals surface area (Å²) < 4.78 is 10.0. The van der Waals surface area contributed by atoms with Crippen LogP contribution in [0, 0.1) is 0 Å². The molecule has 0 saturated carbocycles. The van der Waals surface area contributed by atoms with Crippen molar-refractivity contribution in [3.05, 3.63) is 36.1 Å². The second-order valence-corrected chi connectivity index (χ2v) is 3.87. The highest BCUT2D eigenvalue weighted by Crippen LogP contribution is 2.13. The van der Waals surface area contributed by atoms with Crippen molar-refractivity contribution in [3.8, 4) is 0 Å². The zero-order valence-corrected chi connectivity index (χ0v) is 10.7. The van der Waals surface area contributed by atoms with Crippen LogP contribution in [0.1, 0.15) is 24.7 Å². The highest BCUT2D eigenvalue weighted by atomic mass is 16.5. The summed E-state index contributed by atoms with van der Waals surface area (Å²) in [5.74, 6) is 0.896. The minimum atomic E-state index is -0.292. The maximum atomic E-state index is 11.7. The van der Waals surface area contributed by atoms with Gasteiger partial charge >= 0.3 is 0 Å². The Hall–Kier alpha value is -2.28. The monoisotopic (exact) mass is 262 g/mol. The van der Waals surface area contributed by atoms with E-state index in [0.717, 1.165) is 0 Å². The number of amides is 1. The van der Waals surface area contributed by atoms with Crippen molar-refractivity contribution in [2.75, 3.05) is 12.4 Å². The molecule has 0 aliphatic rings. The molecule has 2 rings (SSSR count). The van der Waals surface area contributed by atoms with Crippen LogP contribution < -0.4 is 5.32 Å². The summed E-state index contributed by atoms with van der Waals surface area (Å²) in [6.45, 7) is 1.78. The van der Waals surface area contributed by atoms with Gasteiger partial charge in [-0.05, 0) is 19.1 Å². The molecule has 2 aromatic rings. The van der Waals surface area contributed by atoms with E-state index in [4.69, 9.17) is 9.26 Å². The lowest BCUT2D eigenvalue weighted by atomic mass is 10.3. The maximum absolute atomic E-state index is 11.7. The van der Waals surface area contributed by atoms with Crippen LogP contribution in [0.3, 0.4) is 0 Å². The molecule has 0 aromatic carbocycles. The Morgan fingerprint density at radius 3 is 3.05 bits per heavy atom. The van der Waals surface area contributed by atoms with Gasteiger partial charge in [0.2, 0.25) is 5.91 Å². The molecule has 0 spiro atoms. The normalized spacial score (nSPS) is 12.1. The smallest absolute Gasteiger partial charge is 0.255 e. The van der Waals surface area contributed by atoms with E-state index in [2.05, 4.69) is 20.4 Å². The molecule has 0 aliphatic carbocycles. The van der Waals surface area contributed by atoms with E-state index in [1.165, 1.54) is 0 Å². The van der Waals surface area contributed by atoms with Crippen molar-refractivity contribution in [2.24, 2.45) is 0 Å². The van der Waals surface area contributed by atoms with Gasteiger partial charge < -0.3 is 14.6 Å². The number of hydrogen-bond donors (Lipinski definition) is 1. The van der Waals surface area contributed by atoms with Gasteiger partial charge in [-0.2, -0.15) is 4.98 Å². The molecule has 7 nitrogen and oxygen atoms in total. The van der Waals surface area contributed by atoms with E-state index in [0.29, 0.717) is 17.5 Å². The van der Waals surface area contributed by atoms with Crippen LogP contribution in [0.25, 0.3) is 0 Å². The number of ether oxygens (including phenoxy) is 1. The van der Waals surface area contributed by atoms with Gasteiger partial charge in [0, 0.05) is 13.3 Å². The lowest BCUT2D eigenvalue weighted by Gasteiger charge is -2.01. The minimum absolute atomic E-state index is 0.0243. The molecule has 100 valence electrons. The maximum Gasteiger partial charge on any atom is 0.255 e. The van der Waals surface area contributed by atoms with Gasteiger partial charge in [0.1, 0.15) is 11.9 Å². The lowest BCUT2D eigenvalue weighted by molar-refractivity contribution is -0.115. The summed E-state index contributed by atoms with van der Waals surface area (Å²) in [7, 11) is 1.54. The fourth-order valence-electron chi connectivity index (χ4n) is 1.37. The standard InChI is InChI=1S/C12H14N4O3/c1-8(18-2)12-15-10(16-19-12)7-11(17)14-9-5-3-4-6-13-9/h3-6,8H,7H2,1-2H3,(H,13,14,17)/t8-/m0/s1. The number of hydrogen-bond acceptors (Lipinski definition) is 6. The molecule has 0 aliphatic heterocycles. The fourth-order valence-corrected chi connectivity index (χ4v) is 1.37. The third-order valence-corrected chi connectivity index (χ3v) is 2.44. The van der Waals surface area contributed by atoms with Gasteiger partial charge in [-0.25, -0.2) is 4.98 Å². The van der Waals surface area contributed by atoms with Crippen LogP contribution in [0.2, 0.25) is 0 Å². The average Bonchev–Trinajstić information content (AvgIpc) is 2.87. The van der Waals surface area contributed by atoms with Crippen LogP contribution in [0.5, 0.6) is 0 Å². The van der Waals surface area contributed by atoms with Crippen LogP contribution >= 0.6 is 0 Å². The molecule has 7 heteroatoms. The molecule has 2 aromatic heterocycles. The number of nitrogens with one attached hydrogen (secondary N) is 1. The first kappa shape index (κ1) is 13.2. The highest BCUT2D eigenvalue weighted by molar-refractivity contribution is 5.90. The van der Waals surface area contributed by atoms with Gasteiger partial charge in [0.15, 0.2) is 5.82 Å². The summed E-state index contributed by atoms with van der Waals surface area (Å²) in [4.78, 5) is 19.8. The van der Waals surface area contributed by atoms with Gasteiger partial charge in [-0.1, -0.05) is 11.2 Å². The van der Waals surface area contributed by atoms with Gasteiger partial charge in [-0.15, -0.1) is 0 Å². The van der Waals surface area contributed by atoms with Gasteiger partial charge in [-0.3, -0.25) is 4.79 Å². The summed E-state index contributed by atoms with van der Waals surface area (Å²) in [5, 5.41) is 6.36. The number of methoxy groups -OCH3 is 1. The number of pyridine rings is 1. The quantitative estimate of drug-likeness (QED) is 0.874. The molecule has 1 N–H and O–H groups in total. The predicted molar refractivity (Wildman–Crippen MR) is 66.3 cm³/mol. The second-order valence-electron chi connectivity index (χ2n) is 3.87. The Kier molecular flexibility index (Phi) is 4.19. The molecule has 1 atom stereocenters. The lowest BCUT2D eigenvalue weighted by Crippen LogP contribution is -2.16. The van der Waals surface area contributed by atoms with Crippen LogP contribution in [0.15, 0.2) is 28.9 Å². The van der Waals surface area contributed by atoms with Crippen molar-refractivity contribution in [1.29, 1.82) is 0 Å². The van der Waals surface area contributed by atoms with Crippen molar-refractivity contribution in [2.45, 2.75) is 19.4 Å². The minimum Gasteiger partial charge on any atom is -0.372 e. The summed E-state index contributed by atoms with van der Waals surface area (Å²) in [6, 6.07) is 5.26. The fraction of sp³-hybridized carbons (Fsp3) is 0.333. The third kappa shape index (κ3) is 3.59. The molecular weight excluding hydrogens is 248 g/mol. The molecule has 2 heterocycles. The zero-order chi connectivity index (χ0) is 13.7. The number of carbonyl (C=O) groups excluding carboxylic acids is 1. The van der Waals surface area contributed by atoms with E-state index >= 15 is 0 Å². The van der Waals surface area contributed by atoms with Crippen LogP contribution in [-0.4, -0.2) is 28.1 Å². The highest BCUT2D eigenvalue weighted by Gasteiger charge is 2.15. The summed E-state index contributed by atoms with van der Waals surface area (Å²) in [5.41, 5.74) is 0. The van der Waals surface area contributed by atoms with E-state index in [-0.39, 0.29) is 18.4 Å². The van der Waals surface area contributed by atoms with Gasteiger partial charge in [0.05, 0.1) is 6.42 Å². The third-order valence-electron chi connectivity index (χ3n) is 2.44. The van der Waals surface area contributed by atoms with E-state index in [1.54, 1.807) is 38.4 Å². The zero-order valence-electron chi connectivity index (χ0n) is 10.7. The molecule has 0 bridgehead atoms. The number of rotatable bonds is 5. The first-order chi connectivity index (χ1) is 9.19. The van der Waals surface area contributed by atoms with Crippen LogP contribution in [0.4, 0.5) is 5.82 Å². The Balaban J connectivity index is 1.94. The molecule has 19 heavy (non-hydrogen) atoms. The molecule has 1 amide bonds. The Labute approximate surface area is 110 Å².